The van der Waals surface area contributed by atoms with E-state index in [0.717, 1.165) is 22.4 Å². The summed E-state index contributed by atoms with van der Waals surface area (Å²) in [5.41, 5.74) is 9.29. The lowest BCUT2D eigenvalue weighted by Gasteiger charge is -2.29. The van der Waals surface area contributed by atoms with Crippen molar-refractivity contribution in [2.75, 3.05) is 4.90 Å². The van der Waals surface area contributed by atoms with Gasteiger partial charge in [0, 0.05) is 22.5 Å². The Hall–Kier alpha value is -4.37. The van der Waals surface area contributed by atoms with Crippen LogP contribution >= 0.6 is 0 Å². The molecule has 0 saturated carbocycles. The van der Waals surface area contributed by atoms with E-state index < -0.39 is 5.97 Å². The molecule has 3 heteroatoms. The lowest BCUT2D eigenvalue weighted by atomic mass is 9.82. The highest BCUT2D eigenvalue weighted by molar-refractivity contribution is 5.94. The van der Waals surface area contributed by atoms with Crippen LogP contribution in [-0.2, 0) is 5.41 Å². The van der Waals surface area contributed by atoms with Gasteiger partial charge in [0.05, 0.1) is 5.56 Å². The van der Waals surface area contributed by atoms with E-state index in [-0.39, 0.29) is 11.0 Å². The Bertz CT molecular complexity index is 1660. The number of aromatic carboxylic acids is 1. The molecule has 0 aromatic heterocycles. The van der Waals surface area contributed by atoms with Crippen LogP contribution in [0.25, 0.3) is 21.9 Å². The highest BCUT2D eigenvalue weighted by atomic mass is 16.4. The van der Waals surface area contributed by atoms with Crippen molar-refractivity contribution in [3.8, 4) is 11.1 Å². The van der Waals surface area contributed by atoms with Gasteiger partial charge in [0.2, 0.25) is 0 Å². The Morgan fingerprint density at radius 3 is 2.25 bits per heavy atom. The first-order valence-corrected chi connectivity index (χ1v) is 12.2. The van der Waals surface area contributed by atoms with Gasteiger partial charge < -0.3 is 10.0 Å². The third-order valence-electron chi connectivity index (χ3n) is 7.49. The Morgan fingerprint density at radius 2 is 1.42 bits per heavy atom. The van der Waals surface area contributed by atoms with Crippen LogP contribution in [0.3, 0.4) is 0 Å². The summed E-state index contributed by atoms with van der Waals surface area (Å²) in [7, 11) is 0. The number of nitrogens with zero attached hydrogens (tertiary/aromatic N) is 1. The maximum absolute atomic E-state index is 11.8. The van der Waals surface area contributed by atoms with Crippen molar-refractivity contribution in [1.82, 2.24) is 0 Å². The fourth-order valence-electron chi connectivity index (χ4n) is 5.67. The number of rotatable bonds is 4. The smallest absolute Gasteiger partial charge is 0.335 e. The summed E-state index contributed by atoms with van der Waals surface area (Å²) in [5, 5.41) is 12.1. The van der Waals surface area contributed by atoms with Crippen molar-refractivity contribution in [1.29, 1.82) is 0 Å². The summed E-state index contributed by atoms with van der Waals surface area (Å²) >= 11 is 0. The minimum Gasteiger partial charge on any atom is -0.478 e. The zero-order chi connectivity index (χ0) is 25.0. The van der Waals surface area contributed by atoms with Crippen LogP contribution in [0, 0.1) is 6.92 Å². The van der Waals surface area contributed by atoms with E-state index in [2.05, 4.69) is 105 Å². The van der Waals surface area contributed by atoms with Gasteiger partial charge >= 0.3 is 5.97 Å². The lowest BCUT2D eigenvalue weighted by molar-refractivity contribution is 0.0697. The first-order chi connectivity index (χ1) is 17.3. The van der Waals surface area contributed by atoms with E-state index in [1.165, 1.54) is 33.2 Å². The Kier molecular flexibility index (Phi) is 4.97. The lowest BCUT2D eigenvalue weighted by Crippen LogP contribution is -2.16. The molecule has 0 aliphatic heterocycles. The minimum atomic E-state index is -0.933. The number of aryl methyl sites for hydroxylation is 1. The van der Waals surface area contributed by atoms with Gasteiger partial charge in [-0.25, -0.2) is 4.79 Å². The third kappa shape index (κ3) is 3.39. The monoisotopic (exact) mass is 469 g/mol. The molecule has 0 amide bonds. The van der Waals surface area contributed by atoms with Crippen molar-refractivity contribution in [2.24, 2.45) is 0 Å². The average Bonchev–Trinajstić information content (AvgIpc) is 3.11. The number of carbonyl (C=O) groups is 1. The molecule has 0 atom stereocenters. The fraction of sp³-hybridized carbons (Fsp3) is 0.121. The standard InChI is InChI=1S/C33H27NO2/c1-21-17-26(18-22-9-4-5-12-27(21)22)34(24-11-8-10-23(19-24)32(35)36)25-15-16-29-28-13-6-7-14-30(28)33(2,3)31(29)20-25/h4-20H,1-3H3,(H,35,36). The molecule has 0 bridgehead atoms. The van der Waals surface area contributed by atoms with Gasteiger partial charge in [0.15, 0.2) is 0 Å². The number of hydrogen-bond donors (Lipinski definition) is 1. The van der Waals surface area contributed by atoms with Crippen molar-refractivity contribution in [2.45, 2.75) is 26.2 Å². The topological polar surface area (TPSA) is 40.5 Å². The number of fused-ring (bicyclic) bond motifs is 4. The van der Waals surface area contributed by atoms with Crippen LogP contribution in [0.15, 0.2) is 103 Å². The second kappa shape index (κ2) is 8.10. The predicted molar refractivity (Wildman–Crippen MR) is 148 cm³/mol. The molecule has 1 N–H and O–H groups in total. The summed E-state index contributed by atoms with van der Waals surface area (Å²) in [6, 6.07) is 35.2. The van der Waals surface area contributed by atoms with Crippen LogP contribution in [0.2, 0.25) is 0 Å². The summed E-state index contributed by atoms with van der Waals surface area (Å²) in [5.74, 6) is -0.933. The second-order valence-electron chi connectivity index (χ2n) is 10.1. The largest absolute Gasteiger partial charge is 0.478 e. The molecule has 176 valence electrons. The van der Waals surface area contributed by atoms with E-state index >= 15 is 0 Å². The Morgan fingerprint density at radius 1 is 0.694 bits per heavy atom. The van der Waals surface area contributed by atoms with E-state index in [1.807, 2.05) is 12.1 Å². The summed E-state index contributed by atoms with van der Waals surface area (Å²) in [6.07, 6.45) is 0. The molecule has 0 saturated heterocycles. The molecule has 1 aliphatic carbocycles. The maximum Gasteiger partial charge on any atom is 0.335 e. The molecule has 0 spiro atoms. The molecule has 6 rings (SSSR count). The van der Waals surface area contributed by atoms with Crippen LogP contribution in [-0.4, -0.2) is 11.1 Å². The number of hydrogen-bond acceptors (Lipinski definition) is 2. The summed E-state index contributed by atoms with van der Waals surface area (Å²) < 4.78 is 0. The van der Waals surface area contributed by atoms with Gasteiger partial charge in [-0.15, -0.1) is 0 Å². The van der Waals surface area contributed by atoms with Gasteiger partial charge in [-0.1, -0.05) is 74.5 Å². The van der Waals surface area contributed by atoms with E-state index in [1.54, 1.807) is 12.1 Å². The molecule has 0 heterocycles. The molecule has 0 fully saturated rings. The quantitative estimate of drug-likeness (QED) is 0.286. The SMILES string of the molecule is Cc1cc(N(c2cccc(C(=O)O)c2)c2ccc3c(c2)C(C)(C)c2ccccc2-3)cc2ccccc12. The molecular formula is C33H27NO2. The number of carboxylic acid groups (broad SMARTS) is 1. The molecule has 3 nitrogen and oxygen atoms in total. The highest BCUT2D eigenvalue weighted by Gasteiger charge is 2.35. The van der Waals surface area contributed by atoms with E-state index in [9.17, 15) is 9.90 Å². The molecule has 5 aromatic carbocycles. The van der Waals surface area contributed by atoms with Crippen LogP contribution in [0.5, 0.6) is 0 Å². The predicted octanol–water partition coefficient (Wildman–Crippen LogP) is 8.62. The van der Waals surface area contributed by atoms with Gasteiger partial charge in [0.25, 0.3) is 0 Å². The summed E-state index contributed by atoms with van der Waals surface area (Å²) in [4.78, 5) is 14.0. The molecule has 0 unspecified atom stereocenters. The van der Waals surface area contributed by atoms with Gasteiger partial charge in [0.1, 0.15) is 0 Å². The normalized spacial score (nSPS) is 13.3. The van der Waals surface area contributed by atoms with Crippen molar-refractivity contribution in [3.63, 3.8) is 0 Å². The Labute approximate surface area is 211 Å². The molecule has 5 aromatic rings. The third-order valence-corrected chi connectivity index (χ3v) is 7.49. The molecule has 1 aliphatic rings. The van der Waals surface area contributed by atoms with Crippen molar-refractivity contribution in [3.05, 3.63) is 125 Å². The first kappa shape index (κ1) is 22.1. The van der Waals surface area contributed by atoms with Crippen molar-refractivity contribution < 1.29 is 9.90 Å². The molecule has 0 radical (unpaired) electrons. The van der Waals surface area contributed by atoms with Crippen LogP contribution in [0.4, 0.5) is 17.1 Å². The molecular weight excluding hydrogens is 442 g/mol. The van der Waals surface area contributed by atoms with Gasteiger partial charge in [-0.2, -0.15) is 0 Å². The van der Waals surface area contributed by atoms with Crippen molar-refractivity contribution >= 4 is 33.8 Å². The summed E-state index contributed by atoms with van der Waals surface area (Å²) in [6.45, 7) is 6.67. The highest BCUT2D eigenvalue weighted by Crippen LogP contribution is 2.50. The maximum atomic E-state index is 11.8. The van der Waals surface area contributed by atoms with Crippen LogP contribution in [0.1, 0.15) is 40.9 Å². The number of benzene rings is 5. The number of anilines is 3. The van der Waals surface area contributed by atoms with E-state index in [0.29, 0.717) is 0 Å². The zero-order valence-electron chi connectivity index (χ0n) is 20.6. The fourth-order valence-corrected chi connectivity index (χ4v) is 5.67. The van der Waals surface area contributed by atoms with E-state index in [4.69, 9.17) is 0 Å². The van der Waals surface area contributed by atoms with Crippen LogP contribution < -0.4 is 4.90 Å². The van der Waals surface area contributed by atoms with Gasteiger partial charge in [-0.05, 0) is 88.0 Å². The second-order valence-corrected chi connectivity index (χ2v) is 10.1. The zero-order valence-corrected chi connectivity index (χ0v) is 20.6. The van der Waals surface area contributed by atoms with Gasteiger partial charge in [-0.3, -0.25) is 0 Å². The first-order valence-electron chi connectivity index (χ1n) is 12.2. The minimum absolute atomic E-state index is 0.129. The Balaban J connectivity index is 1.59. The molecule has 36 heavy (non-hydrogen) atoms. The number of carboxylic acids is 1. The average molecular weight is 470 g/mol.